The van der Waals surface area contributed by atoms with Crippen molar-refractivity contribution in [2.45, 2.75) is 20.0 Å². The number of benzene rings is 1. The molecule has 0 aliphatic rings. The Labute approximate surface area is 144 Å². The number of amides is 1. The van der Waals surface area contributed by atoms with Gasteiger partial charge in [0.05, 0.1) is 11.5 Å². The van der Waals surface area contributed by atoms with Crippen LogP contribution in [0.5, 0.6) is 5.75 Å². The highest BCUT2D eigenvalue weighted by atomic mass is 35.5. The third kappa shape index (κ3) is 3.49. The van der Waals surface area contributed by atoms with Gasteiger partial charge in [-0.1, -0.05) is 12.1 Å². The second-order valence-corrected chi connectivity index (χ2v) is 5.83. The van der Waals surface area contributed by atoms with E-state index in [0.29, 0.717) is 11.5 Å². The minimum atomic E-state index is -0.303. The summed E-state index contributed by atoms with van der Waals surface area (Å²) in [7, 11) is 0. The van der Waals surface area contributed by atoms with Gasteiger partial charge in [0.2, 0.25) is 5.91 Å². The summed E-state index contributed by atoms with van der Waals surface area (Å²) in [5.41, 5.74) is 2.45. The molecule has 0 radical (unpaired) electrons. The van der Waals surface area contributed by atoms with Gasteiger partial charge in [-0.2, -0.15) is 5.10 Å². The largest absolute Gasteiger partial charge is 0.491 e. The van der Waals surface area contributed by atoms with E-state index in [0.717, 1.165) is 22.3 Å². The maximum Gasteiger partial charge on any atom is 0.240 e. The monoisotopic (exact) mass is 344 g/mol. The number of nitrogens with one attached hydrogen (secondary N) is 2. The van der Waals surface area contributed by atoms with Crippen LogP contribution in [0, 0.1) is 0 Å². The molecule has 1 aromatic carbocycles. The molecule has 0 fully saturated rings. The van der Waals surface area contributed by atoms with Crippen LogP contribution in [0.4, 0.5) is 5.82 Å². The van der Waals surface area contributed by atoms with Gasteiger partial charge in [0.15, 0.2) is 5.65 Å². The smallest absolute Gasteiger partial charge is 0.240 e. The van der Waals surface area contributed by atoms with Crippen molar-refractivity contribution in [2.75, 3.05) is 11.2 Å². The van der Waals surface area contributed by atoms with Crippen LogP contribution in [0.2, 0.25) is 0 Å². The van der Waals surface area contributed by atoms with Gasteiger partial charge in [-0.25, -0.2) is 4.98 Å². The Hall–Kier alpha value is -2.60. The molecule has 0 saturated carbocycles. The van der Waals surface area contributed by atoms with Gasteiger partial charge >= 0.3 is 0 Å². The molecule has 2 N–H and O–H groups in total. The number of halogens is 1. The van der Waals surface area contributed by atoms with Gasteiger partial charge < -0.3 is 10.1 Å². The number of H-pyrrole nitrogens is 1. The first-order valence-corrected chi connectivity index (χ1v) is 8.07. The zero-order valence-corrected chi connectivity index (χ0v) is 14.1. The Morgan fingerprint density at radius 1 is 1.29 bits per heavy atom. The third-order valence-corrected chi connectivity index (χ3v) is 3.60. The zero-order chi connectivity index (χ0) is 17.1. The Morgan fingerprint density at radius 3 is 2.71 bits per heavy atom. The number of aromatic nitrogens is 3. The van der Waals surface area contributed by atoms with Crippen molar-refractivity contribution in [2.24, 2.45) is 0 Å². The summed E-state index contributed by atoms with van der Waals surface area (Å²) in [5.74, 6) is 0.888. The normalized spacial score (nSPS) is 11.0. The SMILES string of the molecule is CC(C)Oc1ccc(-c2cnc3n[nH]c(NC(=O)CCl)c3c2)cc1. The van der Waals surface area contributed by atoms with Crippen molar-refractivity contribution in [1.29, 1.82) is 0 Å². The van der Waals surface area contributed by atoms with Crippen molar-refractivity contribution >= 4 is 34.4 Å². The molecule has 0 unspecified atom stereocenters. The Balaban J connectivity index is 1.92. The number of hydrogen-bond acceptors (Lipinski definition) is 4. The number of hydrogen-bond donors (Lipinski definition) is 2. The quantitative estimate of drug-likeness (QED) is 0.693. The lowest BCUT2D eigenvalue weighted by atomic mass is 10.1. The molecular formula is C17H17ClN4O2. The van der Waals surface area contributed by atoms with Crippen LogP contribution < -0.4 is 10.1 Å². The molecule has 0 aliphatic heterocycles. The Bertz CT molecular complexity index is 859. The average molecular weight is 345 g/mol. The number of carbonyl (C=O) groups excluding carboxylic acids is 1. The van der Waals surface area contributed by atoms with E-state index in [2.05, 4.69) is 20.5 Å². The van der Waals surface area contributed by atoms with Gasteiger partial charge in [0, 0.05) is 11.8 Å². The second kappa shape index (κ2) is 6.88. The highest BCUT2D eigenvalue weighted by molar-refractivity contribution is 6.29. The van der Waals surface area contributed by atoms with Crippen molar-refractivity contribution in [1.82, 2.24) is 15.2 Å². The van der Waals surface area contributed by atoms with E-state index in [9.17, 15) is 4.79 Å². The number of aromatic amines is 1. The van der Waals surface area contributed by atoms with E-state index in [-0.39, 0.29) is 17.9 Å². The molecule has 2 aromatic heterocycles. The molecule has 124 valence electrons. The summed E-state index contributed by atoms with van der Waals surface area (Å²) in [5, 5.41) is 10.2. The lowest BCUT2D eigenvalue weighted by molar-refractivity contribution is -0.113. The summed E-state index contributed by atoms with van der Waals surface area (Å²) in [6.07, 6.45) is 1.88. The van der Waals surface area contributed by atoms with E-state index in [1.54, 1.807) is 6.20 Å². The van der Waals surface area contributed by atoms with Crippen LogP contribution >= 0.6 is 11.6 Å². The lowest BCUT2D eigenvalue weighted by Gasteiger charge is -2.10. The van der Waals surface area contributed by atoms with Crippen LogP contribution in [0.15, 0.2) is 36.5 Å². The second-order valence-electron chi connectivity index (χ2n) is 5.57. The minimum Gasteiger partial charge on any atom is -0.491 e. The summed E-state index contributed by atoms with van der Waals surface area (Å²) in [4.78, 5) is 15.8. The topological polar surface area (TPSA) is 79.9 Å². The maximum atomic E-state index is 11.5. The van der Waals surface area contributed by atoms with E-state index >= 15 is 0 Å². The van der Waals surface area contributed by atoms with Crippen LogP contribution in [-0.4, -0.2) is 33.1 Å². The summed E-state index contributed by atoms with van der Waals surface area (Å²) >= 11 is 5.52. The molecule has 2 heterocycles. The first kappa shape index (κ1) is 16.3. The molecule has 0 saturated heterocycles. The first-order valence-electron chi connectivity index (χ1n) is 7.54. The Morgan fingerprint density at radius 2 is 2.04 bits per heavy atom. The van der Waals surface area contributed by atoms with Crippen LogP contribution in [0.25, 0.3) is 22.2 Å². The third-order valence-electron chi connectivity index (χ3n) is 3.35. The predicted octanol–water partition coefficient (Wildman–Crippen LogP) is 3.59. The molecule has 7 heteroatoms. The van der Waals surface area contributed by atoms with Crippen LogP contribution in [0.1, 0.15) is 13.8 Å². The van der Waals surface area contributed by atoms with Gasteiger partial charge in [-0.05, 0) is 37.6 Å². The van der Waals surface area contributed by atoms with E-state index < -0.39 is 0 Å². The fraction of sp³-hybridized carbons (Fsp3) is 0.235. The maximum absolute atomic E-state index is 11.5. The van der Waals surface area contributed by atoms with Gasteiger partial charge in [0.1, 0.15) is 17.4 Å². The number of anilines is 1. The predicted molar refractivity (Wildman–Crippen MR) is 94.4 cm³/mol. The molecule has 24 heavy (non-hydrogen) atoms. The fourth-order valence-electron chi connectivity index (χ4n) is 2.32. The van der Waals surface area contributed by atoms with Gasteiger partial charge in [0.25, 0.3) is 0 Å². The molecule has 3 aromatic rings. The number of alkyl halides is 1. The van der Waals surface area contributed by atoms with Crippen LogP contribution in [-0.2, 0) is 4.79 Å². The number of rotatable bonds is 5. The molecule has 3 rings (SSSR count). The first-order chi connectivity index (χ1) is 11.6. The van der Waals surface area contributed by atoms with Crippen molar-refractivity contribution < 1.29 is 9.53 Å². The standard InChI is InChI=1S/C17H17ClN4O2/c1-10(2)24-13-5-3-11(4-6-13)12-7-14-16(19-9-12)21-22-17(14)20-15(23)8-18/h3-7,9-10H,8H2,1-2H3,(H2,19,20,21,22,23). The van der Waals surface area contributed by atoms with E-state index in [4.69, 9.17) is 16.3 Å². The van der Waals surface area contributed by atoms with Crippen molar-refractivity contribution in [3.8, 4) is 16.9 Å². The molecule has 0 bridgehead atoms. The number of pyridine rings is 1. The Kier molecular flexibility index (Phi) is 4.66. The zero-order valence-electron chi connectivity index (χ0n) is 13.3. The number of nitrogens with zero attached hydrogens (tertiary/aromatic N) is 2. The van der Waals surface area contributed by atoms with Crippen LogP contribution in [0.3, 0.4) is 0 Å². The highest BCUT2D eigenvalue weighted by Gasteiger charge is 2.11. The molecule has 0 atom stereocenters. The minimum absolute atomic E-state index is 0.120. The average Bonchev–Trinajstić information content (AvgIpc) is 2.97. The van der Waals surface area contributed by atoms with Gasteiger partial charge in [-0.15, -0.1) is 11.6 Å². The number of ether oxygens (including phenoxy) is 1. The summed E-state index contributed by atoms with van der Waals surface area (Å²) in [6.45, 7) is 3.97. The van der Waals surface area contributed by atoms with Gasteiger partial charge in [-0.3, -0.25) is 9.89 Å². The van der Waals surface area contributed by atoms with E-state index in [1.807, 2.05) is 44.2 Å². The number of carbonyl (C=O) groups is 1. The fourth-order valence-corrected chi connectivity index (χ4v) is 2.39. The molecule has 0 aliphatic carbocycles. The molecule has 0 spiro atoms. The van der Waals surface area contributed by atoms with Crippen molar-refractivity contribution in [3.05, 3.63) is 36.5 Å². The molecular weight excluding hydrogens is 328 g/mol. The summed E-state index contributed by atoms with van der Waals surface area (Å²) < 4.78 is 5.65. The molecule has 6 nitrogen and oxygen atoms in total. The van der Waals surface area contributed by atoms with Crippen molar-refractivity contribution in [3.63, 3.8) is 0 Å². The highest BCUT2D eigenvalue weighted by Crippen LogP contribution is 2.27. The summed E-state index contributed by atoms with van der Waals surface area (Å²) in [6, 6.07) is 9.71. The lowest BCUT2D eigenvalue weighted by Crippen LogP contribution is -2.12. The molecule has 1 amide bonds. The number of fused-ring (bicyclic) bond motifs is 1. The van der Waals surface area contributed by atoms with E-state index in [1.165, 1.54) is 0 Å².